The van der Waals surface area contributed by atoms with Crippen LogP contribution in [-0.4, -0.2) is 21.4 Å². The number of benzene rings is 1. The number of hydrogen-bond acceptors (Lipinski definition) is 3. The lowest BCUT2D eigenvalue weighted by atomic mass is 10.1. The van der Waals surface area contributed by atoms with Gasteiger partial charge in [0.25, 0.3) is 0 Å². The van der Waals surface area contributed by atoms with Crippen molar-refractivity contribution in [2.24, 2.45) is 0 Å². The van der Waals surface area contributed by atoms with Crippen molar-refractivity contribution in [3.05, 3.63) is 53.3 Å². The fourth-order valence-electron chi connectivity index (χ4n) is 2.17. The number of aryl methyl sites for hydroxylation is 1. The molecule has 21 heavy (non-hydrogen) atoms. The third-order valence-corrected chi connectivity index (χ3v) is 3.42. The Morgan fingerprint density at radius 3 is 2.71 bits per heavy atom. The maximum atomic E-state index is 10.2. The first-order valence-corrected chi connectivity index (χ1v) is 7.35. The highest BCUT2D eigenvalue weighted by atomic mass is 16.3. The lowest BCUT2D eigenvalue weighted by molar-refractivity contribution is 0.174. The number of aliphatic hydroxyl groups excluding tert-OH is 1. The molecule has 2 aromatic rings. The molecule has 114 valence electrons. The SMILES string of the molecule is Cc1cccc(C(O)CNCc2cnn(C(C)(C)C)c2)c1. The maximum absolute atomic E-state index is 10.2. The first-order chi connectivity index (χ1) is 9.86. The van der Waals surface area contributed by atoms with Gasteiger partial charge in [0.15, 0.2) is 0 Å². The highest BCUT2D eigenvalue weighted by Gasteiger charge is 2.14. The van der Waals surface area contributed by atoms with Gasteiger partial charge in [-0.05, 0) is 33.3 Å². The van der Waals surface area contributed by atoms with Crippen molar-refractivity contribution in [2.45, 2.75) is 45.9 Å². The molecule has 0 spiro atoms. The molecule has 1 heterocycles. The molecule has 4 nitrogen and oxygen atoms in total. The average Bonchev–Trinajstić information content (AvgIpc) is 2.87. The molecular weight excluding hydrogens is 262 g/mol. The zero-order chi connectivity index (χ0) is 15.5. The van der Waals surface area contributed by atoms with Crippen LogP contribution >= 0.6 is 0 Å². The lowest BCUT2D eigenvalue weighted by Crippen LogP contribution is -2.22. The third kappa shape index (κ3) is 4.41. The summed E-state index contributed by atoms with van der Waals surface area (Å²) in [5.41, 5.74) is 3.24. The van der Waals surface area contributed by atoms with E-state index in [1.54, 1.807) is 0 Å². The zero-order valence-electron chi connectivity index (χ0n) is 13.3. The van der Waals surface area contributed by atoms with Crippen LogP contribution in [0.1, 0.15) is 43.6 Å². The van der Waals surface area contributed by atoms with Crippen LogP contribution in [0.2, 0.25) is 0 Å². The first kappa shape index (κ1) is 15.7. The van der Waals surface area contributed by atoms with Crippen LogP contribution < -0.4 is 5.32 Å². The molecule has 1 aromatic carbocycles. The van der Waals surface area contributed by atoms with Crippen molar-refractivity contribution in [1.82, 2.24) is 15.1 Å². The smallest absolute Gasteiger partial charge is 0.0914 e. The number of rotatable bonds is 5. The van der Waals surface area contributed by atoms with Gasteiger partial charge in [0, 0.05) is 24.8 Å². The van der Waals surface area contributed by atoms with E-state index in [-0.39, 0.29) is 5.54 Å². The van der Waals surface area contributed by atoms with Crippen LogP contribution in [0.4, 0.5) is 0 Å². The van der Waals surface area contributed by atoms with Crippen LogP contribution in [0.5, 0.6) is 0 Å². The minimum atomic E-state index is -0.484. The van der Waals surface area contributed by atoms with Crippen molar-refractivity contribution in [3.8, 4) is 0 Å². The first-order valence-electron chi connectivity index (χ1n) is 7.35. The monoisotopic (exact) mass is 287 g/mol. The Morgan fingerprint density at radius 2 is 2.10 bits per heavy atom. The molecule has 0 aliphatic rings. The second-order valence-electron chi connectivity index (χ2n) is 6.52. The third-order valence-electron chi connectivity index (χ3n) is 3.42. The van der Waals surface area contributed by atoms with Gasteiger partial charge in [0.1, 0.15) is 0 Å². The summed E-state index contributed by atoms with van der Waals surface area (Å²) in [5, 5.41) is 17.8. The maximum Gasteiger partial charge on any atom is 0.0914 e. The molecule has 0 saturated heterocycles. The van der Waals surface area contributed by atoms with Gasteiger partial charge in [-0.1, -0.05) is 29.8 Å². The van der Waals surface area contributed by atoms with Crippen molar-refractivity contribution >= 4 is 0 Å². The van der Waals surface area contributed by atoms with E-state index in [9.17, 15) is 5.11 Å². The predicted molar refractivity (Wildman–Crippen MR) is 85.1 cm³/mol. The highest BCUT2D eigenvalue weighted by Crippen LogP contribution is 2.15. The Kier molecular flexibility index (Phi) is 4.80. The Bertz CT molecular complexity index is 584. The molecule has 0 saturated carbocycles. The molecule has 0 bridgehead atoms. The number of aliphatic hydroxyl groups is 1. The van der Waals surface area contributed by atoms with Crippen LogP contribution in [0.15, 0.2) is 36.7 Å². The van der Waals surface area contributed by atoms with Gasteiger partial charge in [-0.3, -0.25) is 4.68 Å². The van der Waals surface area contributed by atoms with Gasteiger partial charge < -0.3 is 10.4 Å². The molecule has 4 heteroatoms. The Labute approximate surface area is 126 Å². The fraction of sp³-hybridized carbons (Fsp3) is 0.471. The summed E-state index contributed by atoms with van der Waals surface area (Å²) in [6.07, 6.45) is 3.44. The summed E-state index contributed by atoms with van der Waals surface area (Å²) in [7, 11) is 0. The number of nitrogens with one attached hydrogen (secondary N) is 1. The Balaban J connectivity index is 1.85. The fourth-order valence-corrected chi connectivity index (χ4v) is 2.17. The van der Waals surface area contributed by atoms with E-state index in [2.05, 4.69) is 31.2 Å². The Morgan fingerprint density at radius 1 is 1.33 bits per heavy atom. The van der Waals surface area contributed by atoms with Gasteiger partial charge in [0.2, 0.25) is 0 Å². The van der Waals surface area contributed by atoms with E-state index < -0.39 is 6.10 Å². The summed E-state index contributed by atoms with van der Waals surface area (Å²) in [6, 6.07) is 7.98. The van der Waals surface area contributed by atoms with Gasteiger partial charge in [-0.25, -0.2) is 0 Å². The van der Waals surface area contributed by atoms with E-state index in [4.69, 9.17) is 0 Å². The summed E-state index contributed by atoms with van der Waals surface area (Å²) in [4.78, 5) is 0. The summed E-state index contributed by atoms with van der Waals surface area (Å²) in [6.45, 7) is 9.64. The summed E-state index contributed by atoms with van der Waals surface area (Å²) in [5.74, 6) is 0. The van der Waals surface area contributed by atoms with E-state index >= 15 is 0 Å². The molecule has 2 N–H and O–H groups in total. The lowest BCUT2D eigenvalue weighted by Gasteiger charge is -2.18. The van der Waals surface area contributed by atoms with Crippen LogP contribution in [0, 0.1) is 6.92 Å². The van der Waals surface area contributed by atoms with Crippen molar-refractivity contribution in [2.75, 3.05) is 6.54 Å². The standard InChI is InChI=1S/C17H25N3O/c1-13-6-5-7-15(8-13)16(21)11-18-9-14-10-19-20(12-14)17(2,3)4/h5-8,10,12,16,18,21H,9,11H2,1-4H3. The molecule has 0 aliphatic heterocycles. The number of hydrogen-bond donors (Lipinski definition) is 2. The summed E-state index contributed by atoms with van der Waals surface area (Å²) < 4.78 is 1.96. The van der Waals surface area contributed by atoms with Gasteiger partial charge >= 0.3 is 0 Å². The molecular formula is C17H25N3O. The Hall–Kier alpha value is -1.65. The number of aromatic nitrogens is 2. The van der Waals surface area contributed by atoms with Crippen molar-refractivity contribution in [3.63, 3.8) is 0 Å². The second kappa shape index (κ2) is 6.41. The zero-order valence-corrected chi connectivity index (χ0v) is 13.3. The molecule has 0 radical (unpaired) electrons. The normalized spacial score (nSPS) is 13.4. The molecule has 0 amide bonds. The largest absolute Gasteiger partial charge is 0.387 e. The van der Waals surface area contributed by atoms with Crippen LogP contribution in [0.3, 0.4) is 0 Å². The van der Waals surface area contributed by atoms with Crippen molar-refractivity contribution < 1.29 is 5.11 Å². The molecule has 0 aliphatic carbocycles. The molecule has 0 fully saturated rings. The highest BCUT2D eigenvalue weighted by molar-refractivity contribution is 5.24. The van der Waals surface area contributed by atoms with Crippen LogP contribution in [0.25, 0.3) is 0 Å². The quantitative estimate of drug-likeness (QED) is 0.889. The minimum absolute atomic E-state index is 0.000665. The molecule has 1 aromatic heterocycles. The van der Waals surface area contributed by atoms with Gasteiger partial charge in [-0.2, -0.15) is 5.10 Å². The minimum Gasteiger partial charge on any atom is -0.387 e. The van der Waals surface area contributed by atoms with Gasteiger partial charge in [-0.15, -0.1) is 0 Å². The van der Waals surface area contributed by atoms with Gasteiger partial charge in [0.05, 0.1) is 17.8 Å². The average molecular weight is 287 g/mol. The number of nitrogens with zero attached hydrogens (tertiary/aromatic N) is 2. The molecule has 2 rings (SSSR count). The van der Waals surface area contributed by atoms with E-state index in [0.29, 0.717) is 13.1 Å². The second-order valence-corrected chi connectivity index (χ2v) is 6.52. The van der Waals surface area contributed by atoms with Crippen LogP contribution in [-0.2, 0) is 12.1 Å². The van der Waals surface area contributed by atoms with E-state index in [0.717, 1.165) is 16.7 Å². The molecule has 1 atom stereocenters. The van der Waals surface area contributed by atoms with E-state index in [1.807, 2.05) is 48.3 Å². The van der Waals surface area contributed by atoms with E-state index in [1.165, 1.54) is 0 Å². The summed E-state index contributed by atoms with van der Waals surface area (Å²) >= 11 is 0. The topological polar surface area (TPSA) is 50.1 Å². The molecule has 1 unspecified atom stereocenters. The van der Waals surface area contributed by atoms with Crippen molar-refractivity contribution in [1.29, 1.82) is 0 Å². The predicted octanol–water partition coefficient (Wildman–Crippen LogP) is 2.77.